The van der Waals surface area contributed by atoms with E-state index in [9.17, 15) is 13.2 Å². The van der Waals surface area contributed by atoms with Gasteiger partial charge in [-0.15, -0.1) is 13.2 Å². The monoisotopic (exact) mass is 217 g/mol. The Hall–Kier alpha value is -1.94. The van der Waals surface area contributed by atoms with Gasteiger partial charge in [-0.3, -0.25) is 5.84 Å². The van der Waals surface area contributed by atoms with Gasteiger partial charge >= 0.3 is 6.36 Å². The lowest BCUT2D eigenvalue weighted by Gasteiger charge is -2.10. The lowest BCUT2D eigenvalue weighted by Crippen LogP contribution is -2.18. The molecule has 0 saturated heterocycles. The first-order chi connectivity index (χ1) is 6.96. The third-order valence-corrected chi connectivity index (χ3v) is 1.49. The minimum atomic E-state index is -4.82. The molecule has 0 unspecified atom stereocenters. The molecular weight excluding hydrogens is 211 g/mol. The van der Waals surface area contributed by atoms with Gasteiger partial charge < -0.3 is 10.2 Å². The minimum absolute atomic E-state index is 0.247. The quantitative estimate of drug-likeness (QED) is 0.584. The Balaban J connectivity index is 3.04. The summed E-state index contributed by atoms with van der Waals surface area (Å²) in [7, 11) is 0. The number of hydrazine groups is 1. The zero-order chi connectivity index (χ0) is 11.5. The third kappa shape index (κ3) is 3.03. The van der Waals surface area contributed by atoms with Gasteiger partial charge in [-0.2, -0.15) is 5.26 Å². The van der Waals surface area contributed by atoms with Gasteiger partial charge in [0.25, 0.3) is 0 Å². The van der Waals surface area contributed by atoms with Gasteiger partial charge in [0, 0.05) is 0 Å². The molecule has 0 amide bonds. The van der Waals surface area contributed by atoms with Crippen LogP contribution in [-0.4, -0.2) is 6.36 Å². The number of alkyl halides is 3. The number of hydrogen-bond donors (Lipinski definition) is 2. The highest BCUT2D eigenvalue weighted by Gasteiger charge is 2.32. The molecule has 80 valence electrons. The van der Waals surface area contributed by atoms with Crippen molar-refractivity contribution in [3.8, 4) is 11.8 Å². The molecule has 1 aromatic rings. The topological polar surface area (TPSA) is 71.1 Å². The number of anilines is 1. The summed E-state index contributed by atoms with van der Waals surface area (Å²) in [5.41, 5.74) is 2.28. The number of hydrogen-bond acceptors (Lipinski definition) is 4. The van der Waals surface area contributed by atoms with Crippen LogP contribution in [0.4, 0.5) is 18.9 Å². The second-order valence-electron chi connectivity index (χ2n) is 2.51. The Labute approximate surface area is 83.0 Å². The van der Waals surface area contributed by atoms with Crippen molar-refractivity contribution in [1.82, 2.24) is 0 Å². The Morgan fingerprint density at radius 1 is 1.40 bits per heavy atom. The summed E-state index contributed by atoms with van der Waals surface area (Å²) in [5, 5.41) is 8.57. The highest BCUT2D eigenvalue weighted by Crippen LogP contribution is 2.27. The second kappa shape index (κ2) is 4.06. The van der Waals surface area contributed by atoms with E-state index in [2.05, 4.69) is 10.2 Å². The van der Waals surface area contributed by atoms with Gasteiger partial charge in [-0.25, -0.2) is 0 Å². The lowest BCUT2D eigenvalue weighted by atomic mass is 10.2. The SMILES string of the molecule is N#Cc1cc(NN)ccc1OC(F)(F)F. The number of halogens is 3. The van der Waals surface area contributed by atoms with E-state index in [1.165, 1.54) is 6.07 Å². The second-order valence-corrected chi connectivity index (χ2v) is 2.51. The molecule has 0 spiro atoms. The maximum atomic E-state index is 11.9. The number of nitrogens with one attached hydrogen (secondary N) is 1. The molecule has 0 radical (unpaired) electrons. The molecule has 3 N–H and O–H groups in total. The van der Waals surface area contributed by atoms with Crippen LogP contribution < -0.4 is 16.0 Å². The fourth-order valence-electron chi connectivity index (χ4n) is 0.921. The van der Waals surface area contributed by atoms with Crippen LogP contribution in [0.2, 0.25) is 0 Å². The highest BCUT2D eigenvalue weighted by atomic mass is 19.4. The van der Waals surface area contributed by atoms with E-state index in [-0.39, 0.29) is 5.56 Å². The molecule has 7 heteroatoms. The molecule has 0 atom stereocenters. The zero-order valence-corrected chi connectivity index (χ0v) is 7.30. The fourth-order valence-corrected chi connectivity index (χ4v) is 0.921. The molecule has 0 heterocycles. The number of nitriles is 1. The summed E-state index contributed by atoms with van der Waals surface area (Å²) < 4.78 is 39.2. The Morgan fingerprint density at radius 2 is 2.07 bits per heavy atom. The predicted molar refractivity (Wildman–Crippen MR) is 45.7 cm³/mol. The van der Waals surface area contributed by atoms with E-state index in [1.807, 2.05) is 0 Å². The summed E-state index contributed by atoms with van der Waals surface area (Å²) in [6.45, 7) is 0. The van der Waals surface area contributed by atoms with Crippen LogP contribution in [0.25, 0.3) is 0 Å². The van der Waals surface area contributed by atoms with Gasteiger partial charge in [0.1, 0.15) is 11.8 Å². The number of nitrogens with zero attached hydrogens (tertiary/aromatic N) is 1. The van der Waals surface area contributed by atoms with Crippen molar-refractivity contribution in [1.29, 1.82) is 5.26 Å². The van der Waals surface area contributed by atoms with Gasteiger partial charge in [0.2, 0.25) is 0 Å². The molecule has 1 rings (SSSR count). The van der Waals surface area contributed by atoms with Crippen LogP contribution in [0.1, 0.15) is 5.56 Å². The van der Waals surface area contributed by atoms with Crippen LogP contribution in [0, 0.1) is 11.3 Å². The maximum absolute atomic E-state index is 11.9. The molecule has 0 aromatic heterocycles. The van der Waals surface area contributed by atoms with Crippen molar-refractivity contribution in [2.24, 2.45) is 5.84 Å². The molecule has 0 aliphatic heterocycles. The van der Waals surface area contributed by atoms with E-state index in [1.54, 1.807) is 6.07 Å². The van der Waals surface area contributed by atoms with Crippen molar-refractivity contribution < 1.29 is 17.9 Å². The molecule has 4 nitrogen and oxygen atoms in total. The van der Waals surface area contributed by atoms with Crippen molar-refractivity contribution in [2.75, 3.05) is 5.43 Å². The number of rotatable bonds is 2. The molecule has 0 aliphatic carbocycles. The van der Waals surface area contributed by atoms with Crippen LogP contribution in [0.5, 0.6) is 5.75 Å². The Morgan fingerprint density at radius 3 is 2.53 bits per heavy atom. The molecule has 0 saturated carbocycles. The molecular formula is C8H6F3N3O. The number of ether oxygens (including phenoxy) is 1. The van der Waals surface area contributed by atoms with Gasteiger partial charge in [-0.1, -0.05) is 0 Å². The smallest absolute Gasteiger partial charge is 0.404 e. The first-order valence-corrected chi connectivity index (χ1v) is 3.73. The van der Waals surface area contributed by atoms with E-state index in [0.717, 1.165) is 12.1 Å². The van der Waals surface area contributed by atoms with Crippen molar-refractivity contribution >= 4 is 5.69 Å². The van der Waals surface area contributed by atoms with Crippen LogP contribution in [0.15, 0.2) is 18.2 Å². The maximum Gasteiger partial charge on any atom is 0.573 e. The predicted octanol–water partition coefficient (Wildman–Crippen LogP) is 1.74. The summed E-state index contributed by atoms with van der Waals surface area (Å²) >= 11 is 0. The first kappa shape index (κ1) is 11.1. The van der Waals surface area contributed by atoms with Gasteiger partial charge in [-0.05, 0) is 18.2 Å². The van der Waals surface area contributed by atoms with Crippen molar-refractivity contribution in [3.63, 3.8) is 0 Å². The normalized spacial score (nSPS) is 10.6. The van der Waals surface area contributed by atoms with Crippen molar-refractivity contribution in [3.05, 3.63) is 23.8 Å². The van der Waals surface area contributed by atoms with E-state index >= 15 is 0 Å². The molecule has 0 aliphatic rings. The van der Waals surface area contributed by atoms with Crippen LogP contribution >= 0.6 is 0 Å². The average Bonchev–Trinajstić information content (AvgIpc) is 2.16. The summed E-state index contributed by atoms with van der Waals surface area (Å²) in [6, 6.07) is 5.01. The van der Waals surface area contributed by atoms with Crippen molar-refractivity contribution in [2.45, 2.75) is 6.36 Å². The largest absolute Gasteiger partial charge is 0.573 e. The first-order valence-electron chi connectivity index (χ1n) is 3.73. The highest BCUT2D eigenvalue weighted by molar-refractivity contribution is 5.55. The molecule has 0 fully saturated rings. The standard InChI is InChI=1S/C8H6F3N3O/c9-8(10,11)15-7-2-1-6(14-13)3-5(7)4-12/h1-3,14H,13H2. The number of nitrogen functional groups attached to an aromatic ring is 1. The fraction of sp³-hybridized carbons (Fsp3) is 0.125. The van der Waals surface area contributed by atoms with E-state index in [4.69, 9.17) is 11.1 Å². The number of benzene rings is 1. The Kier molecular flexibility index (Phi) is 3.01. The molecule has 15 heavy (non-hydrogen) atoms. The summed E-state index contributed by atoms with van der Waals surface area (Å²) in [5.74, 6) is 4.48. The van der Waals surface area contributed by atoms with E-state index in [0.29, 0.717) is 5.69 Å². The third-order valence-electron chi connectivity index (χ3n) is 1.49. The minimum Gasteiger partial charge on any atom is -0.404 e. The van der Waals surface area contributed by atoms with Crippen LogP contribution in [0.3, 0.4) is 0 Å². The van der Waals surface area contributed by atoms with E-state index < -0.39 is 12.1 Å². The summed E-state index contributed by atoms with van der Waals surface area (Å²) in [4.78, 5) is 0. The van der Waals surface area contributed by atoms with Gasteiger partial charge in [0.05, 0.1) is 11.3 Å². The zero-order valence-electron chi connectivity index (χ0n) is 7.30. The Bertz CT molecular complexity index is 397. The average molecular weight is 217 g/mol. The molecule has 1 aromatic carbocycles. The number of nitrogens with two attached hydrogens (primary N) is 1. The lowest BCUT2D eigenvalue weighted by molar-refractivity contribution is -0.274. The molecule has 0 bridgehead atoms. The summed E-state index contributed by atoms with van der Waals surface area (Å²) in [6.07, 6.45) is -4.82. The van der Waals surface area contributed by atoms with Gasteiger partial charge in [0.15, 0.2) is 0 Å². The van der Waals surface area contributed by atoms with Crippen LogP contribution in [-0.2, 0) is 0 Å².